The van der Waals surface area contributed by atoms with E-state index in [4.69, 9.17) is 4.74 Å². The van der Waals surface area contributed by atoms with Gasteiger partial charge in [0.15, 0.2) is 0 Å². The topological polar surface area (TPSA) is 56.8 Å². The highest BCUT2D eigenvalue weighted by molar-refractivity contribution is 5.94. The number of piperidine rings is 1. The molecule has 3 aromatic carbocycles. The number of benzene rings is 3. The van der Waals surface area contributed by atoms with Crippen LogP contribution in [0.5, 0.6) is 5.75 Å². The molecule has 0 atom stereocenters. The van der Waals surface area contributed by atoms with Gasteiger partial charge in [0.1, 0.15) is 5.75 Å². The van der Waals surface area contributed by atoms with Crippen LogP contribution in [0.3, 0.4) is 0 Å². The Morgan fingerprint density at radius 3 is 2.45 bits per heavy atom. The Bertz CT molecular complexity index is 1200. The SMILES string of the molecule is COc1cccc(C(=O)NC2CCN(Cc3ccc4ccc(CNCCCN5CCCC5)cc4c3)CC2)c1. The average molecular weight is 515 g/mol. The maximum atomic E-state index is 12.7. The number of hydrogen-bond donors (Lipinski definition) is 2. The zero-order chi connectivity index (χ0) is 26.2. The zero-order valence-electron chi connectivity index (χ0n) is 22.8. The molecule has 6 nitrogen and oxygen atoms in total. The van der Waals surface area contributed by atoms with Crippen molar-refractivity contribution in [2.24, 2.45) is 0 Å². The van der Waals surface area contributed by atoms with Crippen molar-refractivity contribution in [3.05, 3.63) is 77.4 Å². The van der Waals surface area contributed by atoms with Gasteiger partial charge in [0.05, 0.1) is 7.11 Å². The van der Waals surface area contributed by atoms with E-state index in [1.807, 2.05) is 18.2 Å². The summed E-state index contributed by atoms with van der Waals surface area (Å²) in [5.41, 5.74) is 3.36. The first-order chi connectivity index (χ1) is 18.7. The number of ether oxygens (including phenoxy) is 1. The van der Waals surface area contributed by atoms with Gasteiger partial charge in [-0.25, -0.2) is 0 Å². The first kappa shape index (κ1) is 26.7. The molecular formula is C32H42N4O2. The number of nitrogens with one attached hydrogen (secondary N) is 2. The molecule has 0 saturated carbocycles. The van der Waals surface area contributed by atoms with E-state index in [9.17, 15) is 4.79 Å². The molecule has 2 aliphatic heterocycles. The fraction of sp³-hybridized carbons (Fsp3) is 0.469. The van der Waals surface area contributed by atoms with Crippen LogP contribution in [0.4, 0.5) is 0 Å². The highest BCUT2D eigenvalue weighted by Crippen LogP contribution is 2.21. The minimum atomic E-state index is -0.0197. The van der Waals surface area contributed by atoms with Gasteiger partial charge < -0.3 is 20.3 Å². The summed E-state index contributed by atoms with van der Waals surface area (Å²) < 4.78 is 5.25. The number of hydrogen-bond acceptors (Lipinski definition) is 5. The van der Waals surface area contributed by atoms with E-state index in [0.717, 1.165) is 45.6 Å². The van der Waals surface area contributed by atoms with Crippen LogP contribution < -0.4 is 15.4 Å². The van der Waals surface area contributed by atoms with E-state index in [2.05, 4.69) is 56.8 Å². The Kier molecular flexibility index (Phi) is 9.28. The second kappa shape index (κ2) is 13.2. The molecule has 0 unspecified atom stereocenters. The first-order valence-electron chi connectivity index (χ1n) is 14.3. The Balaban J connectivity index is 1.07. The lowest BCUT2D eigenvalue weighted by molar-refractivity contribution is 0.0908. The summed E-state index contributed by atoms with van der Waals surface area (Å²) in [6, 6.07) is 21.3. The summed E-state index contributed by atoms with van der Waals surface area (Å²) in [5, 5.41) is 9.46. The molecule has 2 saturated heterocycles. The molecule has 1 amide bonds. The van der Waals surface area contributed by atoms with E-state index in [1.165, 1.54) is 60.8 Å². The van der Waals surface area contributed by atoms with Crippen molar-refractivity contribution in [3.8, 4) is 5.75 Å². The quantitative estimate of drug-likeness (QED) is 0.360. The molecule has 3 aromatic rings. The van der Waals surface area contributed by atoms with E-state index in [1.54, 1.807) is 13.2 Å². The monoisotopic (exact) mass is 514 g/mol. The maximum Gasteiger partial charge on any atom is 0.251 e. The lowest BCUT2D eigenvalue weighted by Gasteiger charge is -2.32. The predicted molar refractivity (Wildman–Crippen MR) is 155 cm³/mol. The largest absolute Gasteiger partial charge is 0.497 e. The Morgan fingerprint density at radius 1 is 0.895 bits per heavy atom. The summed E-state index contributed by atoms with van der Waals surface area (Å²) >= 11 is 0. The molecule has 2 N–H and O–H groups in total. The average Bonchev–Trinajstić information content (AvgIpc) is 3.47. The van der Waals surface area contributed by atoms with Crippen LogP contribution >= 0.6 is 0 Å². The van der Waals surface area contributed by atoms with Gasteiger partial charge in [-0.1, -0.05) is 30.3 Å². The maximum absolute atomic E-state index is 12.7. The second-order valence-corrected chi connectivity index (χ2v) is 10.9. The van der Waals surface area contributed by atoms with E-state index < -0.39 is 0 Å². The number of fused-ring (bicyclic) bond motifs is 1. The van der Waals surface area contributed by atoms with Crippen molar-refractivity contribution in [2.45, 2.75) is 51.2 Å². The second-order valence-electron chi connectivity index (χ2n) is 10.9. The van der Waals surface area contributed by atoms with Gasteiger partial charge in [-0.3, -0.25) is 9.69 Å². The molecule has 5 rings (SSSR count). The van der Waals surface area contributed by atoms with Gasteiger partial charge in [0.25, 0.3) is 5.91 Å². The molecule has 0 spiro atoms. The van der Waals surface area contributed by atoms with Crippen LogP contribution in [0, 0.1) is 0 Å². The summed E-state index contributed by atoms with van der Waals surface area (Å²) in [6.07, 6.45) is 5.90. The van der Waals surface area contributed by atoms with Gasteiger partial charge in [-0.05, 0) is 111 Å². The van der Waals surface area contributed by atoms with Crippen molar-refractivity contribution >= 4 is 16.7 Å². The van der Waals surface area contributed by atoms with Crippen LogP contribution in [-0.2, 0) is 13.1 Å². The molecule has 0 aliphatic carbocycles. The van der Waals surface area contributed by atoms with Crippen LogP contribution in [0.1, 0.15) is 53.6 Å². The molecule has 202 valence electrons. The summed E-state index contributed by atoms with van der Waals surface area (Å²) in [6.45, 7) is 8.72. The Hall–Kier alpha value is -2.93. The Labute approximate surface area is 227 Å². The third kappa shape index (κ3) is 7.34. The standard InChI is InChI=1S/C32H42N4O2/c1-38-31-7-4-6-28(22-31)32(37)34-30-12-18-36(19-13-30)24-26-9-11-27-10-8-25(20-29(27)21-26)23-33-14-5-17-35-15-2-3-16-35/h4,6-11,20-22,30,33H,2-3,5,12-19,23-24H2,1H3,(H,34,37). The number of amides is 1. The van der Waals surface area contributed by atoms with Crippen molar-refractivity contribution in [1.82, 2.24) is 20.4 Å². The van der Waals surface area contributed by atoms with Crippen LogP contribution in [0.2, 0.25) is 0 Å². The number of likely N-dealkylation sites (tertiary alicyclic amines) is 2. The number of methoxy groups -OCH3 is 1. The summed E-state index contributed by atoms with van der Waals surface area (Å²) in [7, 11) is 1.62. The van der Waals surface area contributed by atoms with Gasteiger partial charge in [0.2, 0.25) is 0 Å². The van der Waals surface area contributed by atoms with Crippen molar-refractivity contribution in [2.75, 3.05) is 46.4 Å². The Morgan fingerprint density at radius 2 is 1.66 bits per heavy atom. The number of carbonyl (C=O) groups excluding carboxylic acids is 1. The van der Waals surface area contributed by atoms with Crippen LogP contribution in [-0.4, -0.2) is 68.1 Å². The third-order valence-electron chi connectivity index (χ3n) is 7.99. The molecular weight excluding hydrogens is 472 g/mol. The van der Waals surface area contributed by atoms with E-state index in [-0.39, 0.29) is 11.9 Å². The number of rotatable bonds is 11. The lowest BCUT2D eigenvalue weighted by Crippen LogP contribution is -2.44. The third-order valence-corrected chi connectivity index (χ3v) is 7.99. The van der Waals surface area contributed by atoms with Crippen molar-refractivity contribution in [1.29, 1.82) is 0 Å². The smallest absolute Gasteiger partial charge is 0.251 e. The molecule has 0 bridgehead atoms. The van der Waals surface area contributed by atoms with Gasteiger partial charge in [-0.2, -0.15) is 0 Å². The van der Waals surface area contributed by atoms with Gasteiger partial charge in [-0.15, -0.1) is 0 Å². The molecule has 38 heavy (non-hydrogen) atoms. The van der Waals surface area contributed by atoms with Gasteiger partial charge >= 0.3 is 0 Å². The minimum Gasteiger partial charge on any atom is -0.497 e. The van der Waals surface area contributed by atoms with Crippen molar-refractivity contribution in [3.63, 3.8) is 0 Å². The molecule has 2 fully saturated rings. The molecule has 2 heterocycles. The number of nitrogens with zero attached hydrogens (tertiary/aromatic N) is 2. The fourth-order valence-corrected chi connectivity index (χ4v) is 5.75. The van der Waals surface area contributed by atoms with E-state index >= 15 is 0 Å². The number of carbonyl (C=O) groups is 1. The molecule has 0 radical (unpaired) electrons. The summed E-state index contributed by atoms with van der Waals surface area (Å²) in [5.74, 6) is 0.688. The molecule has 0 aromatic heterocycles. The highest BCUT2D eigenvalue weighted by atomic mass is 16.5. The van der Waals surface area contributed by atoms with Crippen molar-refractivity contribution < 1.29 is 9.53 Å². The fourth-order valence-electron chi connectivity index (χ4n) is 5.75. The van der Waals surface area contributed by atoms with Gasteiger partial charge in [0, 0.05) is 37.8 Å². The molecule has 2 aliphatic rings. The zero-order valence-corrected chi connectivity index (χ0v) is 22.8. The van der Waals surface area contributed by atoms with Crippen LogP contribution in [0.15, 0.2) is 60.7 Å². The predicted octanol–water partition coefficient (Wildman–Crippen LogP) is 4.82. The minimum absolute atomic E-state index is 0.0197. The summed E-state index contributed by atoms with van der Waals surface area (Å²) in [4.78, 5) is 17.8. The highest BCUT2D eigenvalue weighted by Gasteiger charge is 2.21. The van der Waals surface area contributed by atoms with E-state index in [0.29, 0.717) is 11.3 Å². The lowest BCUT2D eigenvalue weighted by atomic mass is 10.0. The molecule has 6 heteroatoms. The van der Waals surface area contributed by atoms with Crippen LogP contribution in [0.25, 0.3) is 10.8 Å². The first-order valence-corrected chi connectivity index (χ1v) is 14.3. The normalized spacial score (nSPS) is 17.2.